The van der Waals surface area contributed by atoms with Crippen LogP contribution in [0.3, 0.4) is 0 Å². The summed E-state index contributed by atoms with van der Waals surface area (Å²) in [5.74, 6) is -1.77. The number of aryl methyl sites for hydroxylation is 2. The van der Waals surface area contributed by atoms with E-state index in [0.29, 0.717) is 11.3 Å². The number of benzene rings is 1. The Balaban J connectivity index is 1.51. The predicted molar refractivity (Wildman–Crippen MR) is 107 cm³/mol. The van der Waals surface area contributed by atoms with Crippen LogP contribution in [-0.4, -0.2) is 33.9 Å². The van der Waals surface area contributed by atoms with E-state index in [0.717, 1.165) is 47.8 Å². The molecule has 2 amide bonds. The van der Waals surface area contributed by atoms with E-state index >= 15 is 0 Å². The van der Waals surface area contributed by atoms with Crippen molar-refractivity contribution in [2.24, 2.45) is 7.05 Å². The molecule has 1 N–H and O–H groups in total. The molecule has 1 aromatic carbocycles. The molecule has 7 nitrogen and oxygen atoms in total. The molecular weight excluding hydrogens is 370 g/mol. The molecule has 0 radical (unpaired) electrons. The molecule has 7 heteroatoms. The van der Waals surface area contributed by atoms with Gasteiger partial charge in [0, 0.05) is 24.3 Å². The van der Waals surface area contributed by atoms with Crippen molar-refractivity contribution >= 4 is 28.7 Å². The van der Waals surface area contributed by atoms with Gasteiger partial charge in [-0.25, -0.2) is 4.79 Å². The summed E-state index contributed by atoms with van der Waals surface area (Å²) in [5.41, 5.74) is 3.39. The number of carbonyl (C=O) groups excluding carboxylic acids is 3. The highest BCUT2D eigenvalue weighted by atomic mass is 16.5. The van der Waals surface area contributed by atoms with Gasteiger partial charge in [-0.05, 0) is 49.4 Å². The van der Waals surface area contributed by atoms with Crippen LogP contribution >= 0.6 is 0 Å². The van der Waals surface area contributed by atoms with Gasteiger partial charge < -0.3 is 9.30 Å². The molecule has 0 fully saturated rings. The minimum Gasteiger partial charge on any atom is -0.452 e. The molecule has 0 aliphatic heterocycles. The van der Waals surface area contributed by atoms with Gasteiger partial charge in [-0.3, -0.25) is 19.9 Å². The van der Waals surface area contributed by atoms with Gasteiger partial charge in [0.05, 0.1) is 11.1 Å². The largest absolute Gasteiger partial charge is 0.452 e. The first kappa shape index (κ1) is 18.9. The average Bonchev–Trinajstić information content (AvgIpc) is 3.16. The number of imide groups is 1. The fraction of sp³-hybridized carbons (Fsp3) is 0.273. The summed E-state index contributed by atoms with van der Waals surface area (Å²) < 4.78 is 6.88. The number of hydrogen-bond donors (Lipinski definition) is 1. The summed E-state index contributed by atoms with van der Waals surface area (Å²) in [6, 6.07) is 10.7. The number of carbonyl (C=O) groups is 3. The highest BCUT2D eigenvalue weighted by Gasteiger charge is 2.24. The maximum absolute atomic E-state index is 12.9. The molecular formula is C22H21N3O4. The van der Waals surface area contributed by atoms with Crippen molar-refractivity contribution in [3.63, 3.8) is 0 Å². The quantitative estimate of drug-likeness (QED) is 0.691. The number of aromatic nitrogens is 2. The molecule has 0 spiro atoms. The summed E-state index contributed by atoms with van der Waals surface area (Å²) in [7, 11) is 1.71. The van der Waals surface area contributed by atoms with E-state index in [2.05, 4.69) is 5.32 Å². The van der Waals surface area contributed by atoms with Crippen LogP contribution in [0, 0.1) is 0 Å². The van der Waals surface area contributed by atoms with Crippen LogP contribution in [0.1, 0.15) is 44.9 Å². The van der Waals surface area contributed by atoms with Crippen molar-refractivity contribution in [2.45, 2.75) is 25.7 Å². The molecule has 0 unspecified atom stereocenters. The Kier molecular flexibility index (Phi) is 5.12. The number of nitrogens with zero attached hydrogens (tertiary/aromatic N) is 2. The zero-order chi connectivity index (χ0) is 20.4. The summed E-state index contributed by atoms with van der Waals surface area (Å²) in [6.07, 6.45) is 5.31. The number of fused-ring (bicyclic) bond motifs is 2. The fourth-order valence-electron chi connectivity index (χ4n) is 3.73. The third-order valence-corrected chi connectivity index (χ3v) is 5.14. The molecule has 1 aliphatic carbocycles. The van der Waals surface area contributed by atoms with Gasteiger partial charge in [-0.2, -0.15) is 0 Å². The molecule has 3 aromatic rings. The monoisotopic (exact) mass is 391 g/mol. The molecule has 0 bridgehead atoms. The van der Waals surface area contributed by atoms with Crippen LogP contribution in [0.15, 0.2) is 42.6 Å². The molecule has 0 saturated carbocycles. The summed E-state index contributed by atoms with van der Waals surface area (Å²) >= 11 is 0. The van der Waals surface area contributed by atoms with E-state index < -0.39 is 24.4 Å². The predicted octanol–water partition coefficient (Wildman–Crippen LogP) is 2.57. The van der Waals surface area contributed by atoms with Crippen LogP contribution in [0.2, 0.25) is 0 Å². The van der Waals surface area contributed by atoms with E-state index in [4.69, 9.17) is 9.72 Å². The van der Waals surface area contributed by atoms with E-state index in [-0.39, 0.29) is 0 Å². The van der Waals surface area contributed by atoms with Crippen LogP contribution in [0.4, 0.5) is 0 Å². The number of hydrogen-bond acceptors (Lipinski definition) is 5. The lowest BCUT2D eigenvalue weighted by Gasteiger charge is -2.19. The first-order valence-corrected chi connectivity index (χ1v) is 9.57. The van der Waals surface area contributed by atoms with Gasteiger partial charge in [0.1, 0.15) is 5.69 Å². The fourth-order valence-corrected chi connectivity index (χ4v) is 3.73. The standard InChI is InChI=1S/C22H21N3O4/c1-25-12-6-11-18(25)21(27)24-19(26)13-29-22(28)20-14-7-2-4-9-16(14)23-17-10-5-3-8-15(17)20/h2,4,6-7,9,11-12H,3,5,8,10,13H2,1H3,(H,24,26,27). The van der Waals surface area contributed by atoms with Crippen molar-refractivity contribution < 1.29 is 19.1 Å². The molecule has 148 valence electrons. The van der Waals surface area contributed by atoms with Crippen LogP contribution in [0.25, 0.3) is 10.9 Å². The summed E-state index contributed by atoms with van der Waals surface area (Å²) in [6.45, 7) is -0.527. The van der Waals surface area contributed by atoms with Gasteiger partial charge in [-0.1, -0.05) is 18.2 Å². The van der Waals surface area contributed by atoms with Crippen molar-refractivity contribution in [1.82, 2.24) is 14.9 Å². The number of amides is 2. The van der Waals surface area contributed by atoms with Crippen LogP contribution in [-0.2, 0) is 29.4 Å². The smallest absolute Gasteiger partial charge is 0.339 e. The zero-order valence-electron chi connectivity index (χ0n) is 16.1. The van der Waals surface area contributed by atoms with Crippen molar-refractivity contribution in [3.8, 4) is 0 Å². The molecule has 2 heterocycles. The molecule has 0 saturated heterocycles. The highest BCUT2D eigenvalue weighted by Crippen LogP contribution is 2.29. The number of esters is 1. The van der Waals surface area contributed by atoms with Crippen molar-refractivity contribution in [3.05, 3.63) is 65.1 Å². The SMILES string of the molecule is Cn1cccc1C(=O)NC(=O)COC(=O)c1c2c(nc3ccccc13)CCCC2. The lowest BCUT2D eigenvalue weighted by Crippen LogP contribution is -2.35. The molecule has 29 heavy (non-hydrogen) atoms. The van der Waals surface area contributed by atoms with Crippen LogP contribution < -0.4 is 5.32 Å². The number of nitrogens with one attached hydrogen (secondary N) is 1. The van der Waals surface area contributed by atoms with Crippen molar-refractivity contribution in [2.75, 3.05) is 6.61 Å². The Bertz CT molecular complexity index is 1120. The van der Waals surface area contributed by atoms with Gasteiger partial charge in [0.15, 0.2) is 6.61 Å². The minimum atomic E-state index is -0.670. The molecule has 2 aromatic heterocycles. The van der Waals surface area contributed by atoms with Gasteiger partial charge in [-0.15, -0.1) is 0 Å². The molecule has 0 atom stereocenters. The number of para-hydroxylation sites is 1. The number of pyridine rings is 1. The maximum Gasteiger partial charge on any atom is 0.339 e. The van der Waals surface area contributed by atoms with Gasteiger partial charge in [0.25, 0.3) is 11.8 Å². The van der Waals surface area contributed by atoms with Gasteiger partial charge in [0.2, 0.25) is 0 Å². The third kappa shape index (κ3) is 3.76. The molecule has 4 rings (SSSR count). The van der Waals surface area contributed by atoms with E-state index in [9.17, 15) is 14.4 Å². The number of ether oxygens (including phenoxy) is 1. The third-order valence-electron chi connectivity index (χ3n) is 5.14. The van der Waals surface area contributed by atoms with E-state index in [1.807, 2.05) is 24.3 Å². The average molecular weight is 391 g/mol. The lowest BCUT2D eigenvalue weighted by molar-refractivity contribution is -0.123. The Hall–Kier alpha value is -3.48. The summed E-state index contributed by atoms with van der Waals surface area (Å²) in [5, 5.41) is 2.96. The van der Waals surface area contributed by atoms with Gasteiger partial charge >= 0.3 is 5.97 Å². The van der Waals surface area contributed by atoms with E-state index in [1.165, 1.54) is 0 Å². The minimum absolute atomic E-state index is 0.346. The Morgan fingerprint density at radius 3 is 2.69 bits per heavy atom. The maximum atomic E-state index is 12.9. The highest BCUT2D eigenvalue weighted by molar-refractivity contribution is 6.07. The lowest BCUT2D eigenvalue weighted by atomic mass is 9.90. The second kappa shape index (κ2) is 7.87. The summed E-state index contributed by atoms with van der Waals surface area (Å²) in [4.78, 5) is 41.8. The second-order valence-corrected chi connectivity index (χ2v) is 7.09. The molecule has 1 aliphatic rings. The topological polar surface area (TPSA) is 90.3 Å². The second-order valence-electron chi connectivity index (χ2n) is 7.09. The first-order chi connectivity index (χ1) is 14.0. The first-order valence-electron chi connectivity index (χ1n) is 9.57. The van der Waals surface area contributed by atoms with E-state index in [1.54, 1.807) is 29.9 Å². The van der Waals surface area contributed by atoms with Crippen LogP contribution in [0.5, 0.6) is 0 Å². The zero-order valence-corrected chi connectivity index (χ0v) is 16.1. The Morgan fingerprint density at radius 1 is 1.10 bits per heavy atom. The normalized spacial score (nSPS) is 13.0. The Labute approximate surface area is 167 Å². The number of rotatable bonds is 4. The van der Waals surface area contributed by atoms with Crippen molar-refractivity contribution in [1.29, 1.82) is 0 Å². The Morgan fingerprint density at radius 2 is 1.90 bits per heavy atom.